The average molecular weight is 307 g/mol. The summed E-state index contributed by atoms with van der Waals surface area (Å²) < 4.78 is 13.9. The van der Waals surface area contributed by atoms with Gasteiger partial charge in [0, 0.05) is 12.2 Å². The minimum atomic E-state index is -0.354. The van der Waals surface area contributed by atoms with E-state index in [1.165, 1.54) is 6.07 Å². The highest BCUT2D eigenvalue weighted by atomic mass is 79.9. The summed E-state index contributed by atoms with van der Waals surface area (Å²) in [6.45, 7) is 0.611. The molecule has 1 aromatic carbocycles. The number of halogens is 3. The van der Waals surface area contributed by atoms with Gasteiger partial charge >= 0.3 is 0 Å². The monoisotopic (exact) mass is 305 g/mol. The first kappa shape index (κ1) is 11.9. The van der Waals surface area contributed by atoms with Crippen LogP contribution in [0.1, 0.15) is 12.0 Å². The number of carbonyl (C=O) groups is 1. The molecule has 1 aromatic rings. The lowest BCUT2D eigenvalue weighted by Crippen LogP contribution is -2.36. The number of alkyl halides is 1. The van der Waals surface area contributed by atoms with Crippen LogP contribution in [-0.4, -0.2) is 18.3 Å². The summed E-state index contributed by atoms with van der Waals surface area (Å²) >= 11 is 8.67. The minimum Gasteiger partial charge on any atom is -0.311 e. The first-order valence-electron chi connectivity index (χ1n) is 4.97. The number of nitrogens with zero attached hydrogens (tertiary/aromatic N) is 1. The molecular weight excluding hydrogens is 296 g/mol. The molecule has 0 saturated carbocycles. The van der Waals surface area contributed by atoms with Gasteiger partial charge in [-0.05, 0) is 46.5 Å². The number of anilines is 1. The van der Waals surface area contributed by atoms with Gasteiger partial charge in [0.2, 0.25) is 5.91 Å². The van der Waals surface area contributed by atoms with E-state index in [1.54, 1.807) is 11.0 Å². The van der Waals surface area contributed by atoms with Crippen LogP contribution in [0.5, 0.6) is 0 Å². The minimum absolute atomic E-state index is 0.0723. The second-order valence-electron chi connectivity index (χ2n) is 3.68. The van der Waals surface area contributed by atoms with Gasteiger partial charge in [-0.15, -0.1) is 11.6 Å². The quantitative estimate of drug-likeness (QED) is 0.730. The second kappa shape index (κ2) is 4.72. The van der Waals surface area contributed by atoms with Gasteiger partial charge < -0.3 is 4.90 Å². The zero-order valence-electron chi connectivity index (χ0n) is 8.47. The number of rotatable bonds is 1. The number of fused-ring (bicyclic) bond motifs is 1. The zero-order valence-corrected chi connectivity index (χ0v) is 10.8. The number of aryl methyl sites for hydroxylation is 1. The van der Waals surface area contributed by atoms with Gasteiger partial charge in [0.05, 0.1) is 4.47 Å². The number of benzene rings is 1. The van der Waals surface area contributed by atoms with Crippen molar-refractivity contribution in [3.05, 3.63) is 28.0 Å². The lowest BCUT2D eigenvalue weighted by atomic mass is 10.0. The molecule has 2 rings (SSSR count). The molecule has 1 amide bonds. The highest BCUT2D eigenvalue weighted by Gasteiger charge is 2.23. The molecule has 1 aliphatic heterocycles. The van der Waals surface area contributed by atoms with E-state index in [1.807, 2.05) is 0 Å². The third kappa shape index (κ3) is 2.09. The van der Waals surface area contributed by atoms with Crippen molar-refractivity contribution in [3.63, 3.8) is 0 Å². The summed E-state index contributed by atoms with van der Waals surface area (Å²) in [7, 11) is 0. The Morgan fingerprint density at radius 3 is 3.00 bits per heavy atom. The number of amides is 1. The maximum atomic E-state index is 13.4. The molecular formula is C11H10BrClFNO. The number of carbonyl (C=O) groups excluding carboxylic acids is 1. The summed E-state index contributed by atoms with van der Waals surface area (Å²) in [4.78, 5) is 13.1. The van der Waals surface area contributed by atoms with Crippen LogP contribution in [0.25, 0.3) is 0 Å². The maximum Gasteiger partial charge on any atom is 0.241 e. The average Bonchev–Trinajstić information content (AvgIpc) is 2.29. The number of hydrogen-bond donors (Lipinski definition) is 0. The summed E-state index contributed by atoms with van der Waals surface area (Å²) in [5.74, 6) is -0.603. The molecule has 1 aliphatic rings. The Morgan fingerprint density at radius 1 is 1.56 bits per heavy atom. The fraction of sp³-hybridized carbons (Fsp3) is 0.364. The molecule has 0 N–H and O–H groups in total. The van der Waals surface area contributed by atoms with E-state index in [2.05, 4.69) is 15.9 Å². The van der Waals surface area contributed by atoms with Crippen LogP contribution in [0, 0.1) is 5.82 Å². The lowest BCUT2D eigenvalue weighted by Gasteiger charge is -2.29. The molecule has 0 unspecified atom stereocenters. The van der Waals surface area contributed by atoms with Crippen LogP contribution in [-0.2, 0) is 11.2 Å². The van der Waals surface area contributed by atoms with Crippen molar-refractivity contribution in [3.8, 4) is 0 Å². The molecule has 16 heavy (non-hydrogen) atoms. The first-order chi connectivity index (χ1) is 7.63. The molecule has 0 fully saturated rings. The topological polar surface area (TPSA) is 20.3 Å². The van der Waals surface area contributed by atoms with Gasteiger partial charge in [-0.1, -0.05) is 0 Å². The van der Waals surface area contributed by atoms with Gasteiger partial charge in [0.15, 0.2) is 0 Å². The zero-order chi connectivity index (χ0) is 11.7. The molecule has 2 nitrogen and oxygen atoms in total. The van der Waals surface area contributed by atoms with Crippen molar-refractivity contribution >= 4 is 39.1 Å². The Balaban J connectivity index is 2.45. The molecule has 0 atom stereocenters. The molecule has 0 spiro atoms. The number of hydrogen-bond acceptors (Lipinski definition) is 1. The molecule has 86 valence electrons. The van der Waals surface area contributed by atoms with Crippen LogP contribution < -0.4 is 4.90 Å². The molecule has 1 heterocycles. The standard InChI is InChI=1S/C11H10BrClFNO/c12-8-4-7-2-1-3-15(11(16)6-13)10(7)5-9(8)14/h4-5H,1-3,6H2. The Kier molecular flexibility index (Phi) is 3.50. The predicted molar refractivity (Wildman–Crippen MR) is 65.5 cm³/mol. The van der Waals surface area contributed by atoms with Crippen molar-refractivity contribution in [1.82, 2.24) is 0 Å². The Hall–Kier alpha value is -0.610. The van der Waals surface area contributed by atoms with Crippen LogP contribution in [0.15, 0.2) is 16.6 Å². The third-order valence-corrected chi connectivity index (χ3v) is 3.49. The molecule has 0 saturated heterocycles. The van der Waals surface area contributed by atoms with Gasteiger partial charge in [0.1, 0.15) is 11.7 Å². The van der Waals surface area contributed by atoms with Crippen LogP contribution in [0.4, 0.5) is 10.1 Å². The highest BCUT2D eigenvalue weighted by molar-refractivity contribution is 9.10. The van der Waals surface area contributed by atoms with Crippen molar-refractivity contribution in [2.75, 3.05) is 17.3 Å². The molecule has 5 heteroatoms. The fourth-order valence-electron chi connectivity index (χ4n) is 1.91. The van der Waals surface area contributed by atoms with Crippen LogP contribution in [0.2, 0.25) is 0 Å². The third-order valence-electron chi connectivity index (χ3n) is 2.66. The van der Waals surface area contributed by atoms with Crippen molar-refractivity contribution < 1.29 is 9.18 Å². The summed E-state index contributed by atoms with van der Waals surface area (Å²) in [5, 5.41) is 0. The fourth-order valence-corrected chi connectivity index (χ4v) is 2.44. The largest absolute Gasteiger partial charge is 0.311 e. The summed E-state index contributed by atoms with van der Waals surface area (Å²) in [6.07, 6.45) is 1.74. The molecule has 0 aromatic heterocycles. The Bertz CT molecular complexity index is 438. The summed E-state index contributed by atoms with van der Waals surface area (Å²) in [5.41, 5.74) is 1.63. The summed E-state index contributed by atoms with van der Waals surface area (Å²) in [6, 6.07) is 3.13. The Morgan fingerprint density at radius 2 is 2.31 bits per heavy atom. The maximum absolute atomic E-state index is 13.4. The smallest absolute Gasteiger partial charge is 0.241 e. The molecule has 0 radical (unpaired) electrons. The van der Waals surface area contributed by atoms with Gasteiger partial charge in [-0.25, -0.2) is 4.39 Å². The van der Waals surface area contributed by atoms with Crippen molar-refractivity contribution in [2.24, 2.45) is 0 Å². The SMILES string of the molecule is O=C(CCl)N1CCCc2cc(Br)c(F)cc21. The van der Waals surface area contributed by atoms with Crippen molar-refractivity contribution in [1.29, 1.82) is 0 Å². The second-order valence-corrected chi connectivity index (χ2v) is 4.80. The lowest BCUT2D eigenvalue weighted by molar-refractivity contribution is -0.116. The van der Waals surface area contributed by atoms with E-state index < -0.39 is 0 Å². The Labute approximate surface area is 107 Å². The normalized spacial score (nSPS) is 14.8. The van der Waals surface area contributed by atoms with E-state index in [-0.39, 0.29) is 17.6 Å². The van der Waals surface area contributed by atoms with Gasteiger partial charge in [0.25, 0.3) is 0 Å². The van der Waals surface area contributed by atoms with E-state index in [4.69, 9.17) is 11.6 Å². The van der Waals surface area contributed by atoms with E-state index in [9.17, 15) is 9.18 Å². The van der Waals surface area contributed by atoms with Crippen LogP contribution in [0.3, 0.4) is 0 Å². The van der Waals surface area contributed by atoms with E-state index in [0.717, 1.165) is 18.4 Å². The van der Waals surface area contributed by atoms with E-state index >= 15 is 0 Å². The highest BCUT2D eigenvalue weighted by Crippen LogP contribution is 2.31. The van der Waals surface area contributed by atoms with E-state index in [0.29, 0.717) is 16.7 Å². The first-order valence-corrected chi connectivity index (χ1v) is 6.30. The van der Waals surface area contributed by atoms with Gasteiger partial charge in [-0.2, -0.15) is 0 Å². The van der Waals surface area contributed by atoms with Crippen LogP contribution >= 0.6 is 27.5 Å². The molecule has 0 aliphatic carbocycles. The molecule has 0 bridgehead atoms. The predicted octanol–water partition coefficient (Wildman–Crippen LogP) is 3.11. The van der Waals surface area contributed by atoms with Crippen molar-refractivity contribution in [2.45, 2.75) is 12.8 Å². The van der Waals surface area contributed by atoms with Gasteiger partial charge in [-0.3, -0.25) is 4.79 Å².